The lowest BCUT2D eigenvalue weighted by Crippen LogP contribution is -2.40. The largest absolute Gasteiger partial charge is 0.510 e. The summed E-state index contributed by atoms with van der Waals surface area (Å²) in [4.78, 5) is 13.7. The molecule has 0 bridgehead atoms. The van der Waals surface area contributed by atoms with E-state index in [1.807, 2.05) is 34.6 Å². The molecule has 1 amide bonds. The van der Waals surface area contributed by atoms with Crippen LogP contribution in [0.1, 0.15) is 53.9 Å². The third kappa shape index (κ3) is 3.65. The fraction of sp³-hybridized carbons (Fsp3) is 0.786. The summed E-state index contributed by atoms with van der Waals surface area (Å²) in [5.41, 5.74) is 0.444. The van der Waals surface area contributed by atoms with E-state index in [-0.39, 0.29) is 12.1 Å². The molecular formula is C14H25NO3. The van der Waals surface area contributed by atoms with Crippen molar-refractivity contribution in [3.63, 3.8) is 0 Å². The lowest BCUT2D eigenvalue weighted by molar-refractivity contribution is 0.0221. The molecule has 0 aromatic rings. The summed E-state index contributed by atoms with van der Waals surface area (Å²) >= 11 is 0. The van der Waals surface area contributed by atoms with Crippen LogP contribution >= 0.6 is 0 Å². The van der Waals surface area contributed by atoms with Gasteiger partial charge in [0.2, 0.25) is 0 Å². The lowest BCUT2D eigenvalue weighted by atomic mass is 10.1. The van der Waals surface area contributed by atoms with Crippen LogP contribution in [0.2, 0.25) is 0 Å². The van der Waals surface area contributed by atoms with Crippen molar-refractivity contribution in [3.8, 4) is 0 Å². The molecular weight excluding hydrogens is 230 g/mol. The molecule has 1 atom stereocenters. The summed E-state index contributed by atoms with van der Waals surface area (Å²) in [6.07, 6.45) is 2.18. The quantitative estimate of drug-likeness (QED) is 0.766. The van der Waals surface area contributed by atoms with Crippen LogP contribution in [0, 0.1) is 0 Å². The second kappa shape index (κ2) is 5.63. The third-order valence-corrected chi connectivity index (χ3v) is 3.16. The normalized spacial score (nSPS) is 21.8. The maximum absolute atomic E-state index is 12.1. The van der Waals surface area contributed by atoms with E-state index in [1.165, 1.54) is 0 Å². The maximum atomic E-state index is 12.1. The highest BCUT2D eigenvalue weighted by Crippen LogP contribution is 2.26. The molecule has 1 aliphatic rings. The Morgan fingerprint density at radius 3 is 2.56 bits per heavy atom. The Kier molecular flexibility index (Phi) is 4.65. The van der Waals surface area contributed by atoms with Gasteiger partial charge in [-0.05, 0) is 52.5 Å². The minimum atomic E-state index is -0.497. The van der Waals surface area contributed by atoms with Gasteiger partial charge < -0.3 is 9.84 Å². The minimum absolute atomic E-state index is 0.209. The SMILES string of the molecule is CC/C(C)=C(/O)C1CCCN1C(=O)OC(C)(C)C. The van der Waals surface area contributed by atoms with Gasteiger partial charge in [-0.25, -0.2) is 4.79 Å². The number of aliphatic hydroxyl groups is 1. The Bertz CT molecular complexity index is 341. The van der Waals surface area contributed by atoms with Gasteiger partial charge in [-0.1, -0.05) is 6.92 Å². The van der Waals surface area contributed by atoms with Crippen molar-refractivity contribution in [1.82, 2.24) is 4.90 Å². The Hall–Kier alpha value is -1.19. The first kappa shape index (κ1) is 14.9. The highest BCUT2D eigenvalue weighted by molar-refractivity contribution is 5.69. The van der Waals surface area contributed by atoms with E-state index in [0.29, 0.717) is 12.3 Å². The van der Waals surface area contributed by atoms with Gasteiger partial charge in [-0.3, -0.25) is 4.90 Å². The van der Waals surface area contributed by atoms with Gasteiger partial charge in [0.15, 0.2) is 0 Å². The van der Waals surface area contributed by atoms with E-state index in [4.69, 9.17) is 4.74 Å². The van der Waals surface area contributed by atoms with Gasteiger partial charge in [0, 0.05) is 6.54 Å². The van der Waals surface area contributed by atoms with Crippen LogP contribution in [0.15, 0.2) is 11.3 Å². The molecule has 1 N–H and O–H groups in total. The number of hydrogen-bond donors (Lipinski definition) is 1. The molecule has 1 rings (SSSR count). The van der Waals surface area contributed by atoms with Gasteiger partial charge in [-0.2, -0.15) is 0 Å². The minimum Gasteiger partial charge on any atom is -0.510 e. The van der Waals surface area contributed by atoms with E-state index in [9.17, 15) is 9.90 Å². The van der Waals surface area contributed by atoms with Crippen molar-refractivity contribution in [1.29, 1.82) is 0 Å². The molecule has 0 aromatic carbocycles. The van der Waals surface area contributed by atoms with Crippen molar-refractivity contribution >= 4 is 6.09 Å². The molecule has 1 aliphatic heterocycles. The molecule has 4 nitrogen and oxygen atoms in total. The molecule has 0 aromatic heterocycles. The van der Waals surface area contributed by atoms with Crippen LogP contribution in [0.4, 0.5) is 4.79 Å². The molecule has 18 heavy (non-hydrogen) atoms. The zero-order valence-corrected chi connectivity index (χ0v) is 12.1. The first-order valence-electron chi connectivity index (χ1n) is 6.64. The van der Waals surface area contributed by atoms with E-state index in [0.717, 1.165) is 24.8 Å². The molecule has 104 valence electrons. The molecule has 0 aliphatic carbocycles. The zero-order valence-electron chi connectivity index (χ0n) is 12.1. The summed E-state index contributed by atoms with van der Waals surface area (Å²) in [7, 11) is 0. The number of carbonyl (C=O) groups excluding carboxylic acids is 1. The topological polar surface area (TPSA) is 49.8 Å². The number of allylic oxidation sites excluding steroid dienone is 1. The monoisotopic (exact) mass is 255 g/mol. The number of hydrogen-bond acceptors (Lipinski definition) is 3. The van der Waals surface area contributed by atoms with Crippen LogP contribution in [0.5, 0.6) is 0 Å². The zero-order chi connectivity index (χ0) is 13.9. The summed E-state index contributed by atoms with van der Waals surface area (Å²) in [5.74, 6) is 0.334. The van der Waals surface area contributed by atoms with Crippen molar-refractivity contribution < 1.29 is 14.6 Å². The molecule has 0 spiro atoms. The van der Waals surface area contributed by atoms with E-state index in [1.54, 1.807) is 4.90 Å². The average Bonchev–Trinajstić information content (AvgIpc) is 2.73. The maximum Gasteiger partial charge on any atom is 0.410 e. The smallest absolute Gasteiger partial charge is 0.410 e. The Morgan fingerprint density at radius 1 is 1.44 bits per heavy atom. The second-order valence-electron chi connectivity index (χ2n) is 5.85. The molecule has 0 radical (unpaired) electrons. The van der Waals surface area contributed by atoms with E-state index in [2.05, 4.69) is 0 Å². The number of aliphatic hydroxyl groups excluding tert-OH is 1. The first-order valence-corrected chi connectivity index (χ1v) is 6.64. The summed E-state index contributed by atoms with van der Waals surface area (Å²) in [5, 5.41) is 10.2. The number of amides is 1. The third-order valence-electron chi connectivity index (χ3n) is 3.16. The van der Waals surface area contributed by atoms with Crippen molar-refractivity contribution in [2.75, 3.05) is 6.54 Å². The number of likely N-dealkylation sites (tertiary alicyclic amines) is 1. The van der Waals surface area contributed by atoms with Crippen molar-refractivity contribution in [2.24, 2.45) is 0 Å². The number of ether oxygens (including phenoxy) is 1. The van der Waals surface area contributed by atoms with Crippen molar-refractivity contribution in [2.45, 2.75) is 65.5 Å². The summed E-state index contributed by atoms with van der Waals surface area (Å²) < 4.78 is 5.37. The standard InChI is InChI=1S/C14H25NO3/c1-6-10(2)12(16)11-8-7-9-15(11)13(17)18-14(3,4)5/h11,16H,6-9H2,1-5H3/b12-10+. The van der Waals surface area contributed by atoms with Crippen LogP contribution in [-0.2, 0) is 4.74 Å². The Morgan fingerprint density at radius 2 is 2.06 bits per heavy atom. The molecule has 0 saturated carbocycles. The highest BCUT2D eigenvalue weighted by Gasteiger charge is 2.34. The fourth-order valence-electron chi connectivity index (χ4n) is 2.06. The van der Waals surface area contributed by atoms with Gasteiger partial charge in [0.1, 0.15) is 11.4 Å². The average molecular weight is 255 g/mol. The van der Waals surface area contributed by atoms with E-state index >= 15 is 0 Å². The van der Waals surface area contributed by atoms with Crippen LogP contribution in [0.25, 0.3) is 0 Å². The van der Waals surface area contributed by atoms with Crippen LogP contribution in [0.3, 0.4) is 0 Å². The molecule has 1 saturated heterocycles. The van der Waals surface area contributed by atoms with Crippen LogP contribution < -0.4 is 0 Å². The molecule has 4 heteroatoms. The fourth-order valence-corrected chi connectivity index (χ4v) is 2.06. The van der Waals surface area contributed by atoms with Crippen LogP contribution in [-0.4, -0.2) is 34.3 Å². The lowest BCUT2D eigenvalue weighted by Gasteiger charge is -2.28. The molecule has 1 unspecified atom stereocenters. The molecule has 1 fully saturated rings. The Labute approximate surface area is 110 Å². The highest BCUT2D eigenvalue weighted by atomic mass is 16.6. The van der Waals surface area contributed by atoms with Gasteiger partial charge in [0.05, 0.1) is 6.04 Å². The van der Waals surface area contributed by atoms with Gasteiger partial charge >= 0.3 is 6.09 Å². The first-order chi connectivity index (χ1) is 8.26. The Balaban J connectivity index is 2.80. The number of carbonyl (C=O) groups is 1. The van der Waals surface area contributed by atoms with Gasteiger partial charge in [0.25, 0.3) is 0 Å². The van der Waals surface area contributed by atoms with Gasteiger partial charge in [-0.15, -0.1) is 0 Å². The van der Waals surface area contributed by atoms with Crippen molar-refractivity contribution in [3.05, 3.63) is 11.3 Å². The predicted octanol–water partition coefficient (Wildman–Crippen LogP) is 3.63. The van der Waals surface area contributed by atoms with E-state index < -0.39 is 5.60 Å². The number of nitrogens with zero attached hydrogens (tertiary/aromatic N) is 1. The summed E-state index contributed by atoms with van der Waals surface area (Å²) in [6.45, 7) is 10.1. The summed E-state index contributed by atoms with van der Waals surface area (Å²) in [6, 6.07) is -0.209. The predicted molar refractivity (Wildman–Crippen MR) is 71.6 cm³/mol. The number of rotatable bonds is 2. The second-order valence-corrected chi connectivity index (χ2v) is 5.85. The molecule has 1 heterocycles.